The molecule has 0 N–H and O–H groups in total. The minimum atomic E-state index is -0.176. The first kappa shape index (κ1) is 15.4. The molecule has 3 aromatic rings. The van der Waals surface area contributed by atoms with Gasteiger partial charge in [-0.2, -0.15) is 0 Å². The minimum Gasteiger partial charge on any atom is -0.304 e. The summed E-state index contributed by atoms with van der Waals surface area (Å²) in [5, 5.41) is 8.28. The zero-order valence-electron chi connectivity index (χ0n) is 14.4. The summed E-state index contributed by atoms with van der Waals surface area (Å²) in [5.74, 6) is -0.0191. The molecule has 6 nitrogen and oxygen atoms in total. The molecule has 6 heteroatoms. The quantitative estimate of drug-likeness (QED) is 0.678. The van der Waals surface area contributed by atoms with Crippen molar-refractivity contribution < 1.29 is 4.79 Å². The summed E-state index contributed by atoms with van der Waals surface area (Å²) in [4.78, 5) is 22.1. The monoisotopic (exact) mass is 345 g/mol. The van der Waals surface area contributed by atoms with E-state index in [9.17, 15) is 4.79 Å². The fraction of sp³-hybridized carbons (Fsp3) is 0.300. The Morgan fingerprint density at radius 1 is 1.00 bits per heavy atom. The third-order valence-electron chi connectivity index (χ3n) is 5.35. The largest absolute Gasteiger partial charge is 0.304 e. The topological polar surface area (TPSA) is 62.2 Å². The van der Waals surface area contributed by atoms with E-state index in [0.717, 1.165) is 25.2 Å². The Hall–Kier alpha value is -2.86. The first-order chi connectivity index (χ1) is 12.8. The van der Waals surface area contributed by atoms with E-state index in [1.807, 2.05) is 47.4 Å². The predicted octanol–water partition coefficient (Wildman–Crippen LogP) is 2.65. The summed E-state index contributed by atoms with van der Waals surface area (Å²) in [6.07, 6.45) is 2.30. The van der Waals surface area contributed by atoms with Gasteiger partial charge in [-0.25, -0.2) is 4.98 Å². The summed E-state index contributed by atoms with van der Waals surface area (Å²) in [6.45, 7) is 2.66. The number of hydrogen-bond donors (Lipinski definition) is 0. The van der Waals surface area contributed by atoms with E-state index in [1.165, 1.54) is 12.0 Å². The zero-order valence-corrected chi connectivity index (χ0v) is 14.4. The Morgan fingerprint density at radius 2 is 1.81 bits per heavy atom. The number of anilines is 1. The number of aromatic nitrogens is 3. The number of nitrogens with zero attached hydrogens (tertiary/aromatic N) is 5. The van der Waals surface area contributed by atoms with Gasteiger partial charge in [-0.3, -0.25) is 9.69 Å². The third kappa shape index (κ3) is 2.54. The first-order valence-corrected chi connectivity index (χ1v) is 9.03. The van der Waals surface area contributed by atoms with Gasteiger partial charge >= 0.3 is 0 Å². The van der Waals surface area contributed by atoms with Gasteiger partial charge in [0.1, 0.15) is 5.52 Å². The van der Waals surface area contributed by atoms with Gasteiger partial charge in [0.05, 0.1) is 5.52 Å². The molecule has 130 valence electrons. The summed E-state index contributed by atoms with van der Waals surface area (Å²) >= 11 is 0. The van der Waals surface area contributed by atoms with Gasteiger partial charge in [0.2, 0.25) is 5.82 Å². The van der Waals surface area contributed by atoms with Crippen molar-refractivity contribution in [2.75, 3.05) is 18.0 Å². The maximum atomic E-state index is 13.3. The van der Waals surface area contributed by atoms with Crippen LogP contribution in [-0.2, 0) is 6.54 Å². The Kier molecular flexibility index (Phi) is 3.64. The molecule has 0 bridgehead atoms. The summed E-state index contributed by atoms with van der Waals surface area (Å²) < 4.78 is 0. The lowest BCUT2D eigenvalue weighted by Gasteiger charge is -2.25. The highest BCUT2D eigenvalue weighted by molar-refractivity contribution is 6.04. The van der Waals surface area contributed by atoms with Gasteiger partial charge in [-0.1, -0.05) is 30.3 Å². The molecular weight excluding hydrogens is 326 g/mol. The number of carbonyl (C=O) groups excluding carboxylic acids is 1. The van der Waals surface area contributed by atoms with Crippen molar-refractivity contribution in [1.29, 1.82) is 0 Å². The molecule has 3 heterocycles. The molecule has 0 saturated carbocycles. The number of benzene rings is 2. The molecule has 1 unspecified atom stereocenters. The van der Waals surface area contributed by atoms with E-state index in [1.54, 1.807) is 0 Å². The Bertz CT molecular complexity index is 989. The summed E-state index contributed by atoms with van der Waals surface area (Å²) in [7, 11) is 0. The molecule has 2 aromatic carbocycles. The molecule has 26 heavy (non-hydrogen) atoms. The number of rotatable bonds is 1. The zero-order chi connectivity index (χ0) is 17.5. The highest BCUT2D eigenvalue weighted by atomic mass is 16.2. The minimum absolute atomic E-state index is 0.157. The van der Waals surface area contributed by atoms with Crippen LogP contribution in [0.4, 0.5) is 5.69 Å². The molecule has 0 aliphatic carbocycles. The van der Waals surface area contributed by atoms with Crippen LogP contribution in [0.25, 0.3) is 11.0 Å². The van der Waals surface area contributed by atoms with Gasteiger partial charge in [0.25, 0.3) is 5.91 Å². The first-order valence-electron chi connectivity index (χ1n) is 9.03. The molecular formula is C20H19N5O. The van der Waals surface area contributed by atoms with Crippen LogP contribution in [0, 0.1) is 0 Å². The Balaban J connectivity index is 1.57. The SMILES string of the molecule is O=C(c1nnc2ccccc2n1)N1CC2CCCN2Cc2ccccc21. The second-order valence-corrected chi connectivity index (χ2v) is 6.94. The van der Waals surface area contributed by atoms with Gasteiger partial charge in [-0.15, -0.1) is 10.2 Å². The Labute approximate surface area is 151 Å². The molecule has 1 aromatic heterocycles. The van der Waals surface area contributed by atoms with Crippen molar-refractivity contribution in [3.8, 4) is 0 Å². The fourth-order valence-corrected chi connectivity index (χ4v) is 4.03. The second-order valence-electron chi connectivity index (χ2n) is 6.94. The molecule has 2 aliphatic rings. The van der Waals surface area contributed by atoms with E-state index < -0.39 is 0 Å². The van der Waals surface area contributed by atoms with E-state index >= 15 is 0 Å². The van der Waals surface area contributed by atoms with Gasteiger partial charge < -0.3 is 4.90 Å². The molecule has 1 amide bonds. The highest BCUT2D eigenvalue weighted by Crippen LogP contribution is 2.32. The summed E-state index contributed by atoms with van der Waals surface area (Å²) in [6, 6.07) is 16.0. The lowest BCUT2D eigenvalue weighted by atomic mass is 10.1. The van der Waals surface area contributed by atoms with Crippen molar-refractivity contribution in [3.05, 3.63) is 59.9 Å². The highest BCUT2D eigenvalue weighted by Gasteiger charge is 2.34. The lowest BCUT2D eigenvalue weighted by Crippen LogP contribution is -2.41. The standard InChI is InChI=1S/C20H19N5O/c26-20(19-21-16-8-2-3-9-17(16)22-23-19)25-13-15-7-5-11-24(15)12-14-6-1-4-10-18(14)25/h1-4,6,8-10,15H,5,7,11-13H2. The van der Waals surface area contributed by atoms with Gasteiger partial charge in [0.15, 0.2) is 0 Å². The average Bonchev–Trinajstić information content (AvgIpc) is 3.06. The summed E-state index contributed by atoms with van der Waals surface area (Å²) in [5.41, 5.74) is 3.53. The van der Waals surface area contributed by atoms with Crippen molar-refractivity contribution in [3.63, 3.8) is 0 Å². The van der Waals surface area contributed by atoms with E-state index in [-0.39, 0.29) is 11.7 Å². The number of carbonyl (C=O) groups is 1. The van der Waals surface area contributed by atoms with Crippen LogP contribution in [0.1, 0.15) is 29.0 Å². The van der Waals surface area contributed by atoms with Gasteiger partial charge in [-0.05, 0) is 43.1 Å². The normalized spacial score (nSPS) is 19.8. The Morgan fingerprint density at radius 3 is 2.73 bits per heavy atom. The van der Waals surface area contributed by atoms with Crippen molar-refractivity contribution in [2.45, 2.75) is 25.4 Å². The maximum Gasteiger partial charge on any atom is 0.298 e. The van der Waals surface area contributed by atoms with E-state index in [4.69, 9.17) is 0 Å². The van der Waals surface area contributed by atoms with Crippen LogP contribution in [-0.4, -0.2) is 45.1 Å². The molecule has 0 radical (unpaired) electrons. The van der Waals surface area contributed by atoms with E-state index in [0.29, 0.717) is 23.6 Å². The molecule has 2 aliphatic heterocycles. The van der Waals surface area contributed by atoms with Crippen molar-refractivity contribution >= 4 is 22.6 Å². The van der Waals surface area contributed by atoms with Crippen LogP contribution in [0.15, 0.2) is 48.5 Å². The van der Waals surface area contributed by atoms with Crippen LogP contribution in [0.5, 0.6) is 0 Å². The molecule has 0 spiro atoms. The van der Waals surface area contributed by atoms with Crippen molar-refractivity contribution in [2.24, 2.45) is 0 Å². The molecule has 1 saturated heterocycles. The number of fused-ring (bicyclic) bond motifs is 3. The third-order valence-corrected chi connectivity index (χ3v) is 5.35. The predicted molar refractivity (Wildman–Crippen MR) is 98.9 cm³/mol. The van der Waals surface area contributed by atoms with E-state index in [2.05, 4.69) is 26.1 Å². The molecule has 1 fully saturated rings. The molecule has 1 atom stereocenters. The van der Waals surface area contributed by atoms with Gasteiger partial charge in [0, 0.05) is 24.8 Å². The van der Waals surface area contributed by atoms with Crippen LogP contribution >= 0.6 is 0 Å². The average molecular weight is 345 g/mol. The number of amides is 1. The van der Waals surface area contributed by atoms with Crippen LogP contribution in [0.2, 0.25) is 0 Å². The fourth-order valence-electron chi connectivity index (χ4n) is 4.03. The lowest BCUT2D eigenvalue weighted by molar-refractivity contribution is 0.0970. The second kappa shape index (κ2) is 6.14. The van der Waals surface area contributed by atoms with Crippen molar-refractivity contribution in [1.82, 2.24) is 20.1 Å². The smallest absolute Gasteiger partial charge is 0.298 e. The van der Waals surface area contributed by atoms with Crippen LogP contribution < -0.4 is 4.90 Å². The number of para-hydroxylation sites is 2. The maximum absolute atomic E-state index is 13.3. The number of hydrogen-bond acceptors (Lipinski definition) is 5. The molecule has 5 rings (SSSR count). The van der Waals surface area contributed by atoms with Crippen LogP contribution in [0.3, 0.4) is 0 Å².